The Morgan fingerprint density at radius 1 is 1.36 bits per heavy atom. The van der Waals surface area contributed by atoms with Crippen molar-refractivity contribution in [2.75, 3.05) is 0 Å². The van der Waals surface area contributed by atoms with Gasteiger partial charge in [-0.3, -0.25) is 4.79 Å². The summed E-state index contributed by atoms with van der Waals surface area (Å²) in [5.74, 6) is -1.53. The van der Waals surface area contributed by atoms with Gasteiger partial charge >= 0.3 is 11.9 Å². The number of rotatable bonds is 4. The Kier molecular flexibility index (Phi) is 4.56. The number of allylic oxidation sites excluding steroid dienone is 1. The van der Waals surface area contributed by atoms with Gasteiger partial charge in [-0.15, -0.1) is 0 Å². The van der Waals surface area contributed by atoms with Crippen molar-refractivity contribution in [1.82, 2.24) is 0 Å². The minimum atomic E-state index is -1.93. The summed E-state index contributed by atoms with van der Waals surface area (Å²) >= 11 is 0. The molecule has 0 fully saturated rings. The van der Waals surface area contributed by atoms with E-state index in [1.165, 1.54) is 6.08 Å². The molecular formula is C9H16O4Si. The second-order valence-corrected chi connectivity index (χ2v) is 8.32. The smallest absolute Gasteiger partial charge is 0.320 e. The highest BCUT2D eigenvalue weighted by molar-refractivity contribution is 6.71. The van der Waals surface area contributed by atoms with Crippen LogP contribution in [0.2, 0.25) is 19.6 Å². The first kappa shape index (κ1) is 12.9. The maximum absolute atomic E-state index is 11.4. The number of carbonyl (C=O) groups excluding carboxylic acids is 1. The molecule has 1 N–H and O–H groups in total. The fourth-order valence-electron chi connectivity index (χ4n) is 0.799. The van der Waals surface area contributed by atoms with E-state index in [1.54, 1.807) is 6.92 Å². The fourth-order valence-corrected chi connectivity index (χ4v) is 1.49. The Labute approximate surface area is 84.7 Å². The third-order valence-corrected chi connectivity index (χ3v) is 2.15. The van der Waals surface area contributed by atoms with Crippen LogP contribution < -0.4 is 0 Å². The maximum Gasteiger partial charge on any atom is 0.320 e. The van der Waals surface area contributed by atoms with Crippen molar-refractivity contribution >= 4 is 20.3 Å². The SMILES string of the molecule is CC=C(CC(=O)O)C(=O)O[Si](C)(C)C. The monoisotopic (exact) mass is 216 g/mol. The van der Waals surface area contributed by atoms with E-state index in [9.17, 15) is 9.59 Å². The topological polar surface area (TPSA) is 63.6 Å². The number of aliphatic carboxylic acids is 1. The van der Waals surface area contributed by atoms with Gasteiger partial charge in [0, 0.05) is 5.57 Å². The largest absolute Gasteiger partial charge is 0.517 e. The minimum absolute atomic E-state index is 0.208. The number of carboxylic acid groups (broad SMARTS) is 1. The normalized spacial score (nSPS) is 12.4. The molecule has 0 aromatic carbocycles. The van der Waals surface area contributed by atoms with Crippen LogP contribution in [0.4, 0.5) is 0 Å². The van der Waals surface area contributed by atoms with Crippen molar-refractivity contribution in [2.24, 2.45) is 0 Å². The average Bonchev–Trinajstić information content (AvgIpc) is 1.96. The van der Waals surface area contributed by atoms with E-state index in [1.807, 2.05) is 19.6 Å². The summed E-state index contributed by atoms with van der Waals surface area (Å²) in [4.78, 5) is 21.8. The van der Waals surface area contributed by atoms with Crippen molar-refractivity contribution in [2.45, 2.75) is 33.0 Å². The summed E-state index contributed by atoms with van der Waals surface area (Å²) in [5.41, 5.74) is 0.208. The van der Waals surface area contributed by atoms with Crippen LogP contribution in [0.1, 0.15) is 13.3 Å². The second-order valence-electron chi connectivity index (χ2n) is 3.89. The summed E-state index contributed by atoms with van der Waals surface area (Å²) in [5, 5.41) is 8.52. The van der Waals surface area contributed by atoms with Gasteiger partial charge in [0.15, 0.2) is 0 Å². The molecular weight excluding hydrogens is 200 g/mol. The van der Waals surface area contributed by atoms with Crippen molar-refractivity contribution in [3.63, 3.8) is 0 Å². The first-order valence-corrected chi connectivity index (χ1v) is 7.77. The van der Waals surface area contributed by atoms with E-state index < -0.39 is 20.3 Å². The number of carbonyl (C=O) groups is 2. The van der Waals surface area contributed by atoms with E-state index in [-0.39, 0.29) is 12.0 Å². The molecule has 0 amide bonds. The molecule has 0 aliphatic heterocycles. The molecule has 0 heterocycles. The zero-order valence-corrected chi connectivity index (χ0v) is 9.96. The predicted octanol–water partition coefficient (Wildman–Crippen LogP) is 1.79. The van der Waals surface area contributed by atoms with Crippen LogP contribution in [0, 0.1) is 0 Å². The fraction of sp³-hybridized carbons (Fsp3) is 0.556. The Morgan fingerprint density at radius 2 is 1.86 bits per heavy atom. The molecule has 0 aromatic rings. The van der Waals surface area contributed by atoms with Crippen molar-refractivity contribution in [3.05, 3.63) is 11.6 Å². The van der Waals surface area contributed by atoms with Gasteiger partial charge in [-0.1, -0.05) is 6.08 Å². The standard InChI is InChI=1S/C9H16O4Si/c1-5-7(6-8(10)11)9(12)13-14(2,3)4/h5H,6H2,1-4H3,(H,10,11). The van der Waals surface area contributed by atoms with Crippen LogP contribution in [0.5, 0.6) is 0 Å². The highest BCUT2D eigenvalue weighted by Crippen LogP contribution is 2.10. The molecule has 0 rings (SSSR count). The highest BCUT2D eigenvalue weighted by atomic mass is 28.4. The summed E-state index contributed by atoms with van der Waals surface area (Å²) in [6.07, 6.45) is 1.20. The molecule has 0 radical (unpaired) electrons. The van der Waals surface area contributed by atoms with Gasteiger partial charge in [0.2, 0.25) is 8.32 Å². The highest BCUT2D eigenvalue weighted by Gasteiger charge is 2.22. The molecule has 0 aromatic heterocycles. The maximum atomic E-state index is 11.4. The molecule has 0 saturated heterocycles. The lowest BCUT2D eigenvalue weighted by molar-refractivity contribution is -0.139. The lowest BCUT2D eigenvalue weighted by Crippen LogP contribution is -2.30. The molecule has 0 unspecified atom stereocenters. The first-order chi connectivity index (χ1) is 6.26. The van der Waals surface area contributed by atoms with Crippen LogP contribution in [0.25, 0.3) is 0 Å². The van der Waals surface area contributed by atoms with E-state index in [0.717, 1.165) is 0 Å². The molecule has 0 aliphatic rings. The quantitative estimate of drug-likeness (QED) is 0.574. The van der Waals surface area contributed by atoms with E-state index in [4.69, 9.17) is 9.53 Å². The Hall–Kier alpha value is -1.10. The van der Waals surface area contributed by atoms with Crippen molar-refractivity contribution < 1.29 is 19.1 Å². The molecule has 0 atom stereocenters. The number of hydrogen-bond acceptors (Lipinski definition) is 3. The zero-order chi connectivity index (χ0) is 11.4. The molecule has 4 nitrogen and oxygen atoms in total. The summed E-state index contributed by atoms with van der Waals surface area (Å²) in [6, 6.07) is 0. The second kappa shape index (κ2) is 4.95. The Bertz CT molecular complexity index is 262. The van der Waals surface area contributed by atoms with Crippen molar-refractivity contribution in [3.8, 4) is 0 Å². The van der Waals surface area contributed by atoms with E-state index >= 15 is 0 Å². The number of hydrogen-bond donors (Lipinski definition) is 1. The molecule has 5 heteroatoms. The summed E-state index contributed by atoms with van der Waals surface area (Å²) < 4.78 is 5.16. The lowest BCUT2D eigenvalue weighted by Gasteiger charge is -2.17. The van der Waals surface area contributed by atoms with Gasteiger partial charge in [-0.05, 0) is 26.6 Å². The molecule has 80 valence electrons. The molecule has 0 saturated carbocycles. The van der Waals surface area contributed by atoms with Crippen molar-refractivity contribution in [1.29, 1.82) is 0 Å². The third-order valence-electron chi connectivity index (χ3n) is 1.35. The number of carboxylic acids is 1. The Balaban J connectivity index is 4.43. The van der Waals surface area contributed by atoms with Gasteiger partial charge in [0.05, 0.1) is 6.42 Å². The van der Waals surface area contributed by atoms with Gasteiger partial charge in [-0.25, -0.2) is 4.79 Å². The summed E-state index contributed by atoms with van der Waals surface area (Å²) in [6.45, 7) is 7.25. The Morgan fingerprint density at radius 3 is 2.14 bits per heavy atom. The van der Waals surface area contributed by atoms with Crippen LogP contribution in [0.3, 0.4) is 0 Å². The average molecular weight is 216 g/mol. The van der Waals surface area contributed by atoms with Crippen LogP contribution >= 0.6 is 0 Å². The first-order valence-electron chi connectivity index (χ1n) is 4.36. The van der Waals surface area contributed by atoms with Gasteiger partial charge < -0.3 is 9.53 Å². The van der Waals surface area contributed by atoms with Gasteiger partial charge in [-0.2, -0.15) is 0 Å². The van der Waals surface area contributed by atoms with Crippen LogP contribution in [-0.2, 0) is 14.0 Å². The minimum Gasteiger partial charge on any atom is -0.517 e. The zero-order valence-electron chi connectivity index (χ0n) is 8.96. The predicted molar refractivity (Wildman–Crippen MR) is 55.4 cm³/mol. The van der Waals surface area contributed by atoms with Crippen LogP contribution in [-0.4, -0.2) is 25.4 Å². The summed E-state index contributed by atoms with van der Waals surface area (Å²) in [7, 11) is -1.93. The van der Waals surface area contributed by atoms with Gasteiger partial charge in [0.1, 0.15) is 0 Å². The third kappa shape index (κ3) is 5.53. The van der Waals surface area contributed by atoms with Crippen LogP contribution in [0.15, 0.2) is 11.6 Å². The molecule has 0 aliphatic carbocycles. The molecule has 0 bridgehead atoms. The van der Waals surface area contributed by atoms with E-state index in [2.05, 4.69) is 0 Å². The molecule has 14 heavy (non-hydrogen) atoms. The molecule has 0 spiro atoms. The van der Waals surface area contributed by atoms with E-state index in [0.29, 0.717) is 0 Å². The van der Waals surface area contributed by atoms with Gasteiger partial charge in [0.25, 0.3) is 0 Å². The lowest BCUT2D eigenvalue weighted by atomic mass is 10.2.